The largest absolute Gasteiger partial charge is 0.456 e. The fourth-order valence-corrected chi connectivity index (χ4v) is 2.90. The van der Waals surface area contributed by atoms with E-state index < -0.39 is 0 Å². The molecule has 1 fully saturated rings. The van der Waals surface area contributed by atoms with Gasteiger partial charge in [-0.2, -0.15) is 0 Å². The van der Waals surface area contributed by atoms with Gasteiger partial charge in [-0.25, -0.2) is 4.79 Å². The predicted molar refractivity (Wildman–Crippen MR) is 70.8 cm³/mol. The molecule has 0 aliphatic heterocycles. The summed E-state index contributed by atoms with van der Waals surface area (Å²) in [6, 6.07) is 0. The summed E-state index contributed by atoms with van der Waals surface area (Å²) in [4.78, 5) is 11.4. The molecule has 98 valence electrons. The second-order valence-corrected chi connectivity index (χ2v) is 5.22. The summed E-state index contributed by atoms with van der Waals surface area (Å²) in [5.74, 6) is 0.464. The van der Waals surface area contributed by atoms with Gasteiger partial charge in [0.25, 0.3) is 0 Å². The predicted octanol–water partition coefficient (Wildman–Crippen LogP) is 4.24. The van der Waals surface area contributed by atoms with Gasteiger partial charge >= 0.3 is 5.97 Å². The van der Waals surface area contributed by atoms with Gasteiger partial charge in [0, 0.05) is 6.08 Å². The van der Waals surface area contributed by atoms with Crippen LogP contribution in [0.5, 0.6) is 0 Å². The van der Waals surface area contributed by atoms with Crippen molar-refractivity contribution in [2.24, 2.45) is 5.92 Å². The molecule has 0 saturated heterocycles. The van der Waals surface area contributed by atoms with Crippen molar-refractivity contribution in [1.82, 2.24) is 0 Å². The van der Waals surface area contributed by atoms with E-state index in [2.05, 4.69) is 20.4 Å². The molecule has 1 saturated carbocycles. The Morgan fingerprint density at radius 1 is 1.29 bits per heavy atom. The zero-order valence-corrected chi connectivity index (χ0v) is 11.3. The molecule has 0 aromatic heterocycles. The van der Waals surface area contributed by atoms with Gasteiger partial charge in [0.1, 0.15) is 5.60 Å². The summed E-state index contributed by atoms with van der Waals surface area (Å²) < 4.78 is 5.63. The molecule has 0 bridgehead atoms. The van der Waals surface area contributed by atoms with Gasteiger partial charge in [0.15, 0.2) is 0 Å². The number of ether oxygens (including phenoxy) is 1. The van der Waals surface area contributed by atoms with E-state index in [4.69, 9.17) is 4.74 Å². The molecule has 0 heterocycles. The standard InChI is InChI=1S/C15H26O2/c1-4-14(16)17-15(5-2,6-3)12-13-10-8-7-9-11-13/h4,13H,1,5-12H2,2-3H3. The van der Waals surface area contributed by atoms with Crippen LogP contribution in [0.1, 0.15) is 65.2 Å². The van der Waals surface area contributed by atoms with Crippen molar-refractivity contribution in [3.63, 3.8) is 0 Å². The molecule has 1 aliphatic rings. The molecule has 1 rings (SSSR count). The maximum absolute atomic E-state index is 11.4. The fraction of sp³-hybridized carbons (Fsp3) is 0.800. The maximum atomic E-state index is 11.4. The van der Waals surface area contributed by atoms with E-state index in [1.165, 1.54) is 38.2 Å². The summed E-state index contributed by atoms with van der Waals surface area (Å²) in [6.07, 6.45) is 10.8. The molecule has 0 radical (unpaired) electrons. The van der Waals surface area contributed by atoms with Gasteiger partial charge in [-0.15, -0.1) is 0 Å². The molecule has 0 spiro atoms. The number of hydrogen-bond donors (Lipinski definition) is 0. The van der Waals surface area contributed by atoms with Crippen LogP contribution in [0.3, 0.4) is 0 Å². The Kier molecular flexibility index (Phi) is 5.73. The minimum Gasteiger partial charge on any atom is -0.456 e. The van der Waals surface area contributed by atoms with Crippen LogP contribution in [0.2, 0.25) is 0 Å². The lowest BCUT2D eigenvalue weighted by atomic mass is 9.78. The fourth-order valence-electron chi connectivity index (χ4n) is 2.90. The highest BCUT2D eigenvalue weighted by Crippen LogP contribution is 2.35. The summed E-state index contributed by atoms with van der Waals surface area (Å²) in [5.41, 5.74) is -0.257. The number of rotatable bonds is 6. The van der Waals surface area contributed by atoms with E-state index in [9.17, 15) is 4.79 Å². The summed E-state index contributed by atoms with van der Waals surface area (Å²) in [6.45, 7) is 7.71. The molecule has 0 aromatic rings. The van der Waals surface area contributed by atoms with E-state index in [-0.39, 0.29) is 11.6 Å². The van der Waals surface area contributed by atoms with E-state index >= 15 is 0 Å². The first-order valence-corrected chi connectivity index (χ1v) is 7.01. The monoisotopic (exact) mass is 238 g/mol. The minimum atomic E-state index is -0.274. The Morgan fingerprint density at radius 2 is 1.88 bits per heavy atom. The van der Waals surface area contributed by atoms with Crippen molar-refractivity contribution in [2.75, 3.05) is 0 Å². The van der Waals surface area contributed by atoms with Crippen LogP contribution in [0.25, 0.3) is 0 Å². The summed E-state index contributed by atoms with van der Waals surface area (Å²) in [7, 11) is 0. The lowest BCUT2D eigenvalue weighted by molar-refractivity contribution is -0.156. The first-order chi connectivity index (χ1) is 8.15. The van der Waals surface area contributed by atoms with Gasteiger partial charge in [-0.1, -0.05) is 52.5 Å². The van der Waals surface area contributed by atoms with Gasteiger partial charge in [-0.3, -0.25) is 0 Å². The van der Waals surface area contributed by atoms with Gasteiger partial charge in [0.05, 0.1) is 0 Å². The average Bonchev–Trinajstić information content (AvgIpc) is 2.39. The van der Waals surface area contributed by atoms with Crippen molar-refractivity contribution >= 4 is 5.97 Å². The van der Waals surface area contributed by atoms with Gasteiger partial charge < -0.3 is 4.74 Å². The second-order valence-electron chi connectivity index (χ2n) is 5.22. The van der Waals surface area contributed by atoms with Crippen LogP contribution in [-0.2, 0) is 9.53 Å². The van der Waals surface area contributed by atoms with E-state index in [0.29, 0.717) is 0 Å². The quantitative estimate of drug-likeness (QED) is 0.511. The van der Waals surface area contributed by atoms with E-state index in [1.54, 1.807) is 0 Å². The molecular weight excluding hydrogens is 212 g/mol. The number of carbonyl (C=O) groups excluding carboxylic acids is 1. The molecule has 0 aromatic carbocycles. The van der Waals surface area contributed by atoms with E-state index in [1.807, 2.05) is 0 Å². The molecule has 1 aliphatic carbocycles. The number of carbonyl (C=O) groups is 1. The number of esters is 1. The van der Waals surface area contributed by atoms with Crippen molar-refractivity contribution in [2.45, 2.75) is 70.8 Å². The Bertz CT molecular complexity index is 248. The van der Waals surface area contributed by atoms with Crippen LogP contribution < -0.4 is 0 Å². The third kappa shape index (κ3) is 4.18. The molecule has 2 heteroatoms. The molecule has 0 atom stereocenters. The third-order valence-corrected chi connectivity index (χ3v) is 4.16. The molecule has 17 heavy (non-hydrogen) atoms. The van der Waals surface area contributed by atoms with Crippen LogP contribution in [0.15, 0.2) is 12.7 Å². The average molecular weight is 238 g/mol. The van der Waals surface area contributed by atoms with E-state index in [0.717, 1.165) is 25.2 Å². The summed E-state index contributed by atoms with van der Waals surface area (Å²) in [5, 5.41) is 0. The van der Waals surface area contributed by atoms with Gasteiger partial charge in [0.2, 0.25) is 0 Å². The Labute approximate surface area is 105 Å². The second kappa shape index (κ2) is 6.83. The zero-order valence-electron chi connectivity index (χ0n) is 11.3. The van der Waals surface area contributed by atoms with Crippen LogP contribution in [0, 0.1) is 5.92 Å². The van der Waals surface area contributed by atoms with Crippen molar-refractivity contribution in [3.05, 3.63) is 12.7 Å². The van der Waals surface area contributed by atoms with Crippen molar-refractivity contribution in [1.29, 1.82) is 0 Å². The topological polar surface area (TPSA) is 26.3 Å². The third-order valence-electron chi connectivity index (χ3n) is 4.16. The highest BCUT2D eigenvalue weighted by Gasteiger charge is 2.33. The Morgan fingerprint density at radius 3 is 2.35 bits per heavy atom. The Hall–Kier alpha value is -0.790. The molecule has 0 N–H and O–H groups in total. The lowest BCUT2D eigenvalue weighted by Gasteiger charge is -2.36. The highest BCUT2D eigenvalue weighted by atomic mass is 16.6. The molecule has 0 amide bonds. The molecule has 2 nitrogen and oxygen atoms in total. The van der Waals surface area contributed by atoms with Crippen LogP contribution >= 0.6 is 0 Å². The van der Waals surface area contributed by atoms with Crippen LogP contribution in [0.4, 0.5) is 0 Å². The first-order valence-electron chi connectivity index (χ1n) is 7.01. The Balaban J connectivity index is 2.61. The molecule has 0 unspecified atom stereocenters. The smallest absolute Gasteiger partial charge is 0.330 e. The van der Waals surface area contributed by atoms with Crippen molar-refractivity contribution < 1.29 is 9.53 Å². The highest BCUT2D eigenvalue weighted by molar-refractivity contribution is 5.81. The normalized spacial score (nSPS) is 17.8. The number of hydrogen-bond acceptors (Lipinski definition) is 2. The van der Waals surface area contributed by atoms with Crippen LogP contribution in [-0.4, -0.2) is 11.6 Å². The summed E-state index contributed by atoms with van der Waals surface area (Å²) >= 11 is 0. The molecular formula is C15H26O2. The SMILES string of the molecule is C=CC(=O)OC(CC)(CC)CC1CCCCC1. The maximum Gasteiger partial charge on any atom is 0.330 e. The minimum absolute atomic E-state index is 0.257. The zero-order chi connectivity index (χ0) is 12.7. The van der Waals surface area contributed by atoms with Crippen molar-refractivity contribution in [3.8, 4) is 0 Å². The first kappa shape index (κ1) is 14.3. The van der Waals surface area contributed by atoms with Gasteiger partial charge in [-0.05, 0) is 25.2 Å². The lowest BCUT2D eigenvalue weighted by Crippen LogP contribution is -2.36.